The largest absolute Gasteiger partial charge is 0.344 e. The van der Waals surface area contributed by atoms with Crippen LogP contribution >= 0.6 is 11.3 Å². The molecule has 8 heteroatoms. The smallest absolute Gasteiger partial charge is 0.228 e. The van der Waals surface area contributed by atoms with E-state index in [4.69, 9.17) is 0 Å². The Hall–Kier alpha value is -1.80. The SMILES string of the molecule is Cc1cc(CC(=O)N(C)C[C@@H]2C[C@H](F)CN2Cc2csc(C)n2)n[nH]1. The van der Waals surface area contributed by atoms with Gasteiger partial charge >= 0.3 is 0 Å². The Morgan fingerprint density at radius 1 is 1.48 bits per heavy atom. The zero-order valence-electron chi connectivity index (χ0n) is 14.8. The number of amides is 1. The van der Waals surface area contributed by atoms with Gasteiger partial charge in [-0.25, -0.2) is 9.37 Å². The van der Waals surface area contributed by atoms with Crippen molar-refractivity contribution in [3.63, 3.8) is 0 Å². The van der Waals surface area contributed by atoms with Gasteiger partial charge in [0.05, 0.1) is 22.8 Å². The third-order valence-corrected chi connectivity index (χ3v) is 5.33. The molecule has 1 fully saturated rings. The number of nitrogens with zero attached hydrogens (tertiary/aromatic N) is 4. The van der Waals surface area contributed by atoms with Crippen molar-refractivity contribution < 1.29 is 9.18 Å². The van der Waals surface area contributed by atoms with Crippen LogP contribution in [0.1, 0.15) is 28.5 Å². The Kier molecular flexibility index (Phi) is 5.48. The van der Waals surface area contributed by atoms with E-state index in [2.05, 4.69) is 20.1 Å². The monoisotopic (exact) mass is 365 g/mol. The number of H-pyrrole nitrogens is 1. The average Bonchev–Trinajstić information content (AvgIpc) is 3.22. The fraction of sp³-hybridized carbons (Fsp3) is 0.588. The van der Waals surface area contributed by atoms with Gasteiger partial charge in [0.15, 0.2) is 0 Å². The van der Waals surface area contributed by atoms with Crippen LogP contribution in [-0.2, 0) is 17.8 Å². The molecule has 0 bridgehead atoms. The molecular weight excluding hydrogens is 341 g/mol. The number of nitrogens with one attached hydrogen (secondary N) is 1. The number of aromatic nitrogens is 3. The number of aryl methyl sites for hydroxylation is 2. The highest BCUT2D eigenvalue weighted by atomic mass is 32.1. The summed E-state index contributed by atoms with van der Waals surface area (Å²) in [6.07, 6.45) is -0.123. The van der Waals surface area contributed by atoms with Crippen LogP contribution in [0.2, 0.25) is 0 Å². The first-order valence-corrected chi connectivity index (χ1v) is 9.32. The summed E-state index contributed by atoms with van der Waals surface area (Å²) in [6.45, 7) is 5.43. The molecular formula is C17H24FN5OS. The van der Waals surface area contributed by atoms with Gasteiger partial charge < -0.3 is 4.90 Å². The van der Waals surface area contributed by atoms with Crippen LogP contribution in [-0.4, -0.2) is 63.2 Å². The first-order valence-electron chi connectivity index (χ1n) is 8.44. The first-order chi connectivity index (χ1) is 11.9. The number of aromatic amines is 1. The lowest BCUT2D eigenvalue weighted by molar-refractivity contribution is -0.129. The second kappa shape index (κ2) is 7.61. The van der Waals surface area contributed by atoms with Gasteiger partial charge in [0.25, 0.3) is 0 Å². The van der Waals surface area contributed by atoms with Gasteiger partial charge in [-0.3, -0.25) is 14.8 Å². The van der Waals surface area contributed by atoms with Gasteiger partial charge in [0.1, 0.15) is 6.17 Å². The molecule has 136 valence electrons. The Morgan fingerprint density at radius 3 is 2.92 bits per heavy atom. The highest BCUT2D eigenvalue weighted by molar-refractivity contribution is 7.09. The fourth-order valence-corrected chi connectivity index (χ4v) is 3.87. The van der Waals surface area contributed by atoms with Crippen LogP contribution in [0.5, 0.6) is 0 Å². The van der Waals surface area contributed by atoms with Crippen LogP contribution in [0.3, 0.4) is 0 Å². The topological polar surface area (TPSA) is 65.1 Å². The number of carbonyl (C=O) groups excluding carboxylic acids is 1. The van der Waals surface area contributed by atoms with E-state index in [1.165, 1.54) is 0 Å². The van der Waals surface area contributed by atoms with E-state index in [0.29, 0.717) is 26.1 Å². The molecule has 0 radical (unpaired) electrons. The third kappa shape index (κ3) is 4.64. The van der Waals surface area contributed by atoms with Gasteiger partial charge in [-0.15, -0.1) is 11.3 Å². The van der Waals surface area contributed by atoms with Crippen LogP contribution in [0, 0.1) is 13.8 Å². The van der Waals surface area contributed by atoms with Crippen molar-refractivity contribution in [3.8, 4) is 0 Å². The van der Waals surface area contributed by atoms with Crippen molar-refractivity contribution >= 4 is 17.2 Å². The van der Waals surface area contributed by atoms with Crippen LogP contribution < -0.4 is 0 Å². The van der Waals surface area contributed by atoms with E-state index < -0.39 is 6.17 Å². The van der Waals surface area contributed by atoms with E-state index in [-0.39, 0.29) is 18.4 Å². The Labute approximate surface area is 151 Å². The lowest BCUT2D eigenvalue weighted by Crippen LogP contribution is -2.41. The molecule has 0 aromatic carbocycles. The zero-order valence-corrected chi connectivity index (χ0v) is 15.6. The third-order valence-electron chi connectivity index (χ3n) is 4.51. The van der Waals surface area contributed by atoms with Gasteiger partial charge in [-0.05, 0) is 26.3 Å². The zero-order chi connectivity index (χ0) is 18.0. The summed E-state index contributed by atoms with van der Waals surface area (Å²) >= 11 is 1.61. The summed E-state index contributed by atoms with van der Waals surface area (Å²) in [4.78, 5) is 20.7. The normalized spacial score (nSPS) is 21.0. The summed E-state index contributed by atoms with van der Waals surface area (Å²) in [5.74, 6) is -0.00161. The molecule has 2 atom stereocenters. The molecule has 0 aliphatic carbocycles. The molecule has 2 aromatic heterocycles. The minimum Gasteiger partial charge on any atom is -0.344 e. The number of rotatable bonds is 6. The number of likely N-dealkylation sites (N-methyl/N-ethyl adjacent to an activating group) is 1. The summed E-state index contributed by atoms with van der Waals surface area (Å²) in [5, 5.41) is 9.99. The van der Waals surface area contributed by atoms with Crippen molar-refractivity contribution in [1.29, 1.82) is 0 Å². The Balaban J connectivity index is 1.58. The molecule has 3 rings (SSSR count). The quantitative estimate of drug-likeness (QED) is 0.851. The van der Waals surface area contributed by atoms with Crippen molar-refractivity contribution in [2.24, 2.45) is 0 Å². The van der Waals surface area contributed by atoms with Crippen molar-refractivity contribution in [2.45, 2.75) is 45.4 Å². The minimum atomic E-state index is -0.845. The maximum Gasteiger partial charge on any atom is 0.228 e. The average molecular weight is 365 g/mol. The van der Waals surface area contributed by atoms with Crippen LogP contribution in [0.15, 0.2) is 11.4 Å². The molecule has 0 saturated carbocycles. The van der Waals surface area contributed by atoms with Crippen LogP contribution in [0.4, 0.5) is 4.39 Å². The molecule has 1 aliphatic rings. The fourth-order valence-electron chi connectivity index (χ4n) is 3.27. The predicted molar refractivity (Wildman–Crippen MR) is 95.2 cm³/mol. The maximum absolute atomic E-state index is 14.0. The van der Waals surface area contributed by atoms with Gasteiger partial charge in [0.2, 0.25) is 5.91 Å². The molecule has 2 aromatic rings. The molecule has 6 nitrogen and oxygen atoms in total. The second-order valence-electron chi connectivity index (χ2n) is 6.77. The highest BCUT2D eigenvalue weighted by Crippen LogP contribution is 2.24. The summed E-state index contributed by atoms with van der Waals surface area (Å²) in [6, 6.07) is 1.89. The molecule has 1 saturated heterocycles. The Morgan fingerprint density at radius 2 is 2.28 bits per heavy atom. The first kappa shape index (κ1) is 18.0. The van der Waals surface area contributed by atoms with Crippen molar-refractivity contribution in [1.82, 2.24) is 25.0 Å². The van der Waals surface area contributed by atoms with E-state index in [1.807, 2.05) is 25.3 Å². The molecule has 0 unspecified atom stereocenters. The number of halogens is 1. The number of thiazole rings is 1. The summed E-state index contributed by atoms with van der Waals surface area (Å²) in [7, 11) is 1.78. The maximum atomic E-state index is 14.0. The minimum absolute atomic E-state index is 0.00161. The van der Waals surface area contributed by atoms with E-state index >= 15 is 0 Å². The molecule has 1 aliphatic heterocycles. The number of likely N-dealkylation sites (tertiary alicyclic amines) is 1. The second-order valence-corrected chi connectivity index (χ2v) is 7.83. The lowest BCUT2D eigenvalue weighted by atomic mass is 10.2. The number of hydrogen-bond donors (Lipinski definition) is 1. The van der Waals surface area contributed by atoms with Gasteiger partial charge in [-0.1, -0.05) is 0 Å². The van der Waals surface area contributed by atoms with Crippen molar-refractivity contribution in [2.75, 3.05) is 20.1 Å². The Bertz CT molecular complexity index is 730. The summed E-state index contributed by atoms with van der Waals surface area (Å²) in [5.41, 5.74) is 2.65. The number of alkyl halides is 1. The standard InChI is InChI=1S/C17H24FN5OS/c1-11-4-14(21-20-11)6-17(24)22(3)9-16-5-13(18)7-23(16)8-15-10-25-12(2)19-15/h4,10,13,16H,5-9H2,1-3H3,(H,20,21)/t13-,16-/m0/s1. The van der Waals surface area contributed by atoms with Crippen LogP contribution in [0.25, 0.3) is 0 Å². The van der Waals surface area contributed by atoms with E-state index in [9.17, 15) is 9.18 Å². The van der Waals surface area contributed by atoms with Crippen molar-refractivity contribution in [3.05, 3.63) is 33.5 Å². The van der Waals surface area contributed by atoms with Gasteiger partial charge in [0, 0.05) is 43.8 Å². The van der Waals surface area contributed by atoms with E-state index in [0.717, 1.165) is 22.1 Å². The molecule has 3 heterocycles. The summed E-state index contributed by atoms with van der Waals surface area (Å²) < 4.78 is 14.0. The van der Waals surface area contributed by atoms with E-state index in [1.54, 1.807) is 23.3 Å². The number of carbonyl (C=O) groups is 1. The predicted octanol–water partition coefficient (Wildman–Crippen LogP) is 2.10. The molecule has 0 spiro atoms. The molecule has 25 heavy (non-hydrogen) atoms. The van der Waals surface area contributed by atoms with Gasteiger partial charge in [-0.2, -0.15) is 5.10 Å². The molecule has 1 N–H and O–H groups in total. The lowest BCUT2D eigenvalue weighted by Gasteiger charge is -2.27. The molecule has 1 amide bonds. The highest BCUT2D eigenvalue weighted by Gasteiger charge is 2.33. The number of hydrogen-bond acceptors (Lipinski definition) is 5.